The van der Waals surface area contributed by atoms with E-state index in [1.54, 1.807) is 18.2 Å². The molecule has 0 radical (unpaired) electrons. The molecule has 1 saturated heterocycles. The van der Waals surface area contributed by atoms with Crippen molar-refractivity contribution in [2.24, 2.45) is 0 Å². The summed E-state index contributed by atoms with van der Waals surface area (Å²) in [5.41, 5.74) is 1.06. The van der Waals surface area contributed by atoms with Crippen molar-refractivity contribution in [1.82, 2.24) is 9.88 Å². The molecule has 0 unspecified atom stereocenters. The molecule has 1 fully saturated rings. The van der Waals surface area contributed by atoms with E-state index in [4.69, 9.17) is 4.74 Å². The zero-order chi connectivity index (χ0) is 16.6. The summed E-state index contributed by atoms with van der Waals surface area (Å²) in [5, 5.41) is 2.60. The minimum absolute atomic E-state index is 0.196. The van der Waals surface area contributed by atoms with E-state index in [2.05, 4.69) is 5.32 Å². The number of carbonyl (C=O) groups excluding carboxylic acids is 2. The smallest absolute Gasteiger partial charge is 0.414 e. The van der Waals surface area contributed by atoms with Gasteiger partial charge in [-0.2, -0.15) is 0 Å². The molecule has 1 N–H and O–H groups in total. The fourth-order valence-corrected chi connectivity index (χ4v) is 3.34. The molecule has 0 spiro atoms. The monoisotopic (exact) mass is 339 g/mol. The first-order chi connectivity index (χ1) is 11.0. The van der Waals surface area contributed by atoms with Crippen LogP contribution in [-0.2, 0) is 16.3 Å². The second-order valence-electron chi connectivity index (χ2n) is 5.12. The fraction of sp³-hybridized carbons (Fsp3) is 0.357. The molecular weight excluding hydrogens is 325 g/mol. The van der Waals surface area contributed by atoms with Crippen molar-refractivity contribution in [3.63, 3.8) is 0 Å². The maximum absolute atomic E-state index is 12.9. The van der Waals surface area contributed by atoms with Crippen LogP contribution < -0.4 is 15.1 Å². The Kier molecular flexibility index (Phi) is 4.03. The van der Waals surface area contributed by atoms with Gasteiger partial charge in [-0.3, -0.25) is 19.1 Å². The molecule has 0 saturated carbocycles. The number of fused-ring (bicyclic) bond motifs is 1. The molecule has 23 heavy (non-hydrogen) atoms. The Hall–Kier alpha value is -2.42. The van der Waals surface area contributed by atoms with Crippen LogP contribution in [-0.4, -0.2) is 35.8 Å². The summed E-state index contributed by atoms with van der Waals surface area (Å²) in [6.45, 7) is 1.04. The quantitative estimate of drug-likeness (QED) is 0.914. The molecular formula is C14H14FN3O4S. The van der Waals surface area contributed by atoms with E-state index < -0.39 is 19.0 Å². The van der Waals surface area contributed by atoms with Crippen LogP contribution in [0.15, 0.2) is 23.0 Å². The minimum Gasteiger partial charge on any atom is -0.442 e. The zero-order valence-corrected chi connectivity index (χ0v) is 13.1. The number of benzene rings is 1. The lowest BCUT2D eigenvalue weighted by atomic mass is 10.2. The van der Waals surface area contributed by atoms with Gasteiger partial charge in [0.05, 0.1) is 23.3 Å². The molecule has 9 heteroatoms. The Morgan fingerprint density at radius 3 is 2.96 bits per heavy atom. The van der Waals surface area contributed by atoms with Gasteiger partial charge in [0.15, 0.2) is 6.80 Å². The van der Waals surface area contributed by atoms with Crippen LogP contribution in [0.4, 0.5) is 14.9 Å². The first-order valence-electron chi connectivity index (χ1n) is 6.91. The van der Waals surface area contributed by atoms with Crippen LogP contribution in [0.5, 0.6) is 0 Å². The number of rotatable bonds is 4. The van der Waals surface area contributed by atoms with Crippen LogP contribution in [0.2, 0.25) is 0 Å². The van der Waals surface area contributed by atoms with Gasteiger partial charge in [0.25, 0.3) is 0 Å². The maximum Gasteiger partial charge on any atom is 0.414 e. The Morgan fingerprint density at radius 1 is 1.48 bits per heavy atom. The molecule has 2 heterocycles. The van der Waals surface area contributed by atoms with E-state index >= 15 is 0 Å². The molecule has 7 nitrogen and oxygen atoms in total. The highest BCUT2D eigenvalue weighted by molar-refractivity contribution is 7.16. The van der Waals surface area contributed by atoms with Crippen molar-refractivity contribution in [2.75, 3.05) is 18.0 Å². The van der Waals surface area contributed by atoms with Crippen LogP contribution >= 0.6 is 11.3 Å². The predicted octanol–water partition coefficient (Wildman–Crippen LogP) is 1.45. The lowest BCUT2D eigenvalue weighted by Crippen LogP contribution is -2.33. The first-order valence-corrected chi connectivity index (χ1v) is 7.73. The van der Waals surface area contributed by atoms with Gasteiger partial charge in [0, 0.05) is 12.6 Å². The van der Waals surface area contributed by atoms with Crippen molar-refractivity contribution in [3.05, 3.63) is 27.9 Å². The van der Waals surface area contributed by atoms with Gasteiger partial charge in [0.1, 0.15) is 6.10 Å². The van der Waals surface area contributed by atoms with Crippen molar-refractivity contribution in [2.45, 2.75) is 19.8 Å². The van der Waals surface area contributed by atoms with Crippen molar-refractivity contribution < 1.29 is 18.7 Å². The number of anilines is 1. The lowest BCUT2D eigenvalue weighted by Gasteiger charge is -2.13. The van der Waals surface area contributed by atoms with Gasteiger partial charge in [-0.25, -0.2) is 9.18 Å². The zero-order valence-electron chi connectivity index (χ0n) is 12.2. The van der Waals surface area contributed by atoms with Crippen LogP contribution in [0.3, 0.4) is 0 Å². The number of cyclic esters (lactones) is 1. The fourth-order valence-electron chi connectivity index (χ4n) is 2.43. The Labute approximate surface area is 134 Å². The van der Waals surface area contributed by atoms with Gasteiger partial charge >= 0.3 is 11.0 Å². The largest absolute Gasteiger partial charge is 0.442 e. The molecule has 1 aliphatic rings. The highest BCUT2D eigenvalue weighted by Gasteiger charge is 2.32. The molecule has 1 aromatic heterocycles. The van der Waals surface area contributed by atoms with Crippen LogP contribution in [0.1, 0.15) is 6.92 Å². The molecule has 2 amide bonds. The number of ether oxygens (including phenoxy) is 1. The van der Waals surface area contributed by atoms with E-state index in [-0.39, 0.29) is 17.3 Å². The Morgan fingerprint density at radius 2 is 2.26 bits per heavy atom. The molecule has 0 bridgehead atoms. The summed E-state index contributed by atoms with van der Waals surface area (Å²) in [7, 11) is 0. The molecule has 1 atom stereocenters. The van der Waals surface area contributed by atoms with E-state index in [9.17, 15) is 18.8 Å². The molecule has 3 rings (SSSR count). The number of carbonyl (C=O) groups is 2. The molecule has 1 aliphatic heterocycles. The third-order valence-electron chi connectivity index (χ3n) is 3.54. The van der Waals surface area contributed by atoms with Crippen LogP contribution in [0, 0.1) is 0 Å². The first kappa shape index (κ1) is 15.5. The van der Waals surface area contributed by atoms with E-state index in [1.165, 1.54) is 11.8 Å². The maximum atomic E-state index is 12.9. The van der Waals surface area contributed by atoms with Crippen molar-refractivity contribution >= 4 is 39.2 Å². The summed E-state index contributed by atoms with van der Waals surface area (Å²) in [6, 6.07) is 4.91. The van der Waals surface area contributed by atoms with Gasteiger partial charge in [0.2, 0.25) is 5.91 Å². The number of aromatic nitrogens is 1. The second kappa shape index (κ2) is 5.99. The number of hydrogen-bond acceptors (Lipinski definition) is 5. The van der Waals surface area contributed by atoms with E-state index in [1.807, 2.05) is 0 Å². The van der Waals surface area contributed by atoms with Crippen LogP contribution in [0.25, 0.3) is 10.2 Å². The van der Waals surface area contributed by atoms with Gasteiger partial charge < -0.3 is 10.1 Å². The molecule has 2 aromatic rings. The summed E-state index contributed by atoms with van der Waals surface area (Å²) < 4.78 is 19.7. The number of thiazole rings is 1. The van der Waals surface area contributed by atoms with Gasteiger partial charge in [-0.1, -0.05) is 11.3 Å². The lowest BCUT2D eigenvalue weighted by molar-refractivity contribution is -0.119. The Balaban J connectivity index is 1.84. The molecule has 122 valence electrons. The highest BCUT2D eigenvalue weighted by Crippen LogP contribution is 2.27. The Bertz CT molecular complexity index is 831. The van der Waals surface area contributed by atoms with Gasteiger partial charge in [-0.15, -0.1) is 0 Å². The SMILES string of the molecule is CC(=O)NC[C@H]1CN(c2ccc3c(c2)sc(=O)n3CF)C(=O)O1. The number of nitrogens with zero attached hydrogens (tertiary/aromatic N) is 2. The minimum atomic E-state index is -0.886. The molecule has 0 aliphatic carbocycles. The summed E-state index contributed by atoms with van der Waals surface area (Å²) >= 11 is 0.924. The van der Waals surface area contributed by atoms with E-state index in [0.717, 1.165) is 15.9 Å². The summed E-state index contributed by atoms with van der Waals surface area (Å²) in [5.74, 6) is -0.196. The topological polar surface area (TPSA) is 80.6 Å². The van der Waals surface area contributed by atoms with Gasteiger partial charge in [-0.05, 0) is 18.2 Å². The number of amides is 2. The standard InChI is InChI=1S/C14H14FN3O4S/c1-8(19)16-5-10-6-17(13(20)22-10)9-2-3-11-12(4-9)23-14(21)18(11)7-15/h2-4,10H,5-7H2,1H3,(H,16,19)/t10-/m0/s1. The highest BCUT2D eigenvalue weighted by atomic mass is 32.1. The predicted molar refractivity (Wildman–Crippen MR) is 83.5 cm³/mol. The number of halogens is 1. The van der Waals surface area contributed by atoms with Crippen molar-refractivity contribution in [1.29, 1.82) is 0 Å². The number of alkyl halides is 1. The third-order valence-corrected chi connectivity index (χ3v) is 4.48. The normalized spacial score (nSPS) is 17.6. The van der Waals surface area contributed by atoms with E-state index in [0.29, 0.717) is 22.4 Å². The summed E-state index contributed by atoms with van der Waals surface area (Å²) in [6.07, 6.45) is -0.951. The molecule has 1 aromatic carbocycles. The van der Waals surface area contributed by atoms with Crippen molar-refractivity contribution in [3.8, 4) is 0 Å². The number of nitrogens with one attached hydrogen (secondary N) is 1. The average molecular weight is 339 g/mol. The third kappa shape index (κ3) is 2.91. The average Bonchev–Trinajstić information content (AvgIpc) is 3.03. The summed E-state index contributed by atoms with van der Waals surface area (Å²) in [4.78, 5) is 35.6. The second-order valence-corrected chi connectivity index (χ2v) is 6.11. The number of hydrogen-bond donors (Lipinski definition) is 1.